The van der Waals surface area contributed by atoms with Crippen molar-refractivity contribution in [3.05, 3.63) is 28.3 Å². The molecule has 0 spiro atoms. The third-order valence-electron chi connectivity index (χ3n) is 2.73. The summed E-state index contributed by atoms with van der Waals surface area (Å²) in [7, 11) is 0. The molecule has 0 aliphatic carbocycles. The minimum atomic E-state index is -1.08. The fourth-order valence-corrected chi connectivity index (χ4v) is 1.86. The van der Waals surface area contributed by atoms with Gasteiger partial charge in [0.2, 0.25) is 5.75 Å². The van der Waals surface area contributed by atoms with E-state index in [4.69, 9.17) is 10.5 Å². The minimum Gasteiger partial charge on any atom is -0.403 e. The first kappa shape index (κ1) is 13.1. The van der Waals surface area contributed by atoms with E-state index in [-0.39, 0.29) is 11.4 Å². The highest BCUT2D eigenvalue weighted by molar-refractivity contribution is 5.71. The van der Waals surface area contributed by atoms with E-state index in [1.165, 1.54) is 12.1 Å². The molecule has 1 heterocycles. The number of hydrogen-bond donors (Lipinski definition) is 1. The summed E-state index contributed by atoms with van der Waals surface area (Å²) in [6.45, 7) is 2.52. The summed E-state index contributed by atoms with van der Waals surface area (Å²) in [5.74, 6) is -0.151. The monoisotopic (exact) mass is 267 g/mol. The lowest BCUT2D eigenvalue weighted by Crippen LogP contribution is -2.36. The van der Waals surface area contributed by atoms with E-state index >= 15 is 0 Å². The second-order valence-electron chi connectivity index (χ2n) is 3.93. The molecule has 8 nitrogen and oxygen atoms in total. The Labute approximate surface area is 108 Å². The molecule has 1 amide bonds. The summed E-state index contributed by atoms with van der Waals surface area (Å²) in [5, 5.41) is 10.8. The number of primary amides is 1. The number of nitrogens with zero attached hydrogens (tertiary/aromatic N) is 2. The van der Waals surface area contributed by atoms with Crippen LogP contribution in [-0.2, 0) is 4.74 Å². The van der Waals surface area contributed by atoms with Crippen molar-refractivity contribution in [3.63, 3.8) is 0 Å². The summed E-state index contributed by atoms with van der Waals surface area (Å²) in [6, 6.07) is 4.34. The average Bonchev–Trinajstić information content (AvgIpc) is 2.38. The molecule has 0 radical (unpaired) electrons. The molecular formula is C11H13N3O5. The van der Waals surface area contributed by atoms with Crippen molar-refractivity contribution in [2.45, 2.75) is 0 Å². The smallest absolute Gasteiger partial charge is 0.403 e. The van der Waals surface area contributed by atoms with Crippen molar-refractivity contribution in [3.8, 4) is 5.75 Å². The van der Waals surface area contributed by atoms with Crippen LogP contribution in [0.2, 0.25) is 0 Å². The molecule has 1 fully saturated rings. The molecule has 0 atom stereocenters. The normalized spacial score (nSPS) is 15.1. The molecule has 1 aliphatic rings. The number of benzene rings is 1. The number of ether oxygens (including phenoxy) is 2. The van der Waals surface area contributed by atoms with Crippen LogP contribution >= 0.6 is 0 Å². The molecule has 1 aromatic carbocycles. The molecule has 8 heteroatoms. The Bertz CT molecular complexity index is 499. The Morgan fingerprint density at radius 2 is 2.11 bits per heavy atom. The molecule has 102 valence electrons. The van der Waals surface area contributed by atoms with E-state index in [2.05, 4.69) is 4.74 Å². The first-order valence-electron chi connectivity index (χ1n) is 5.66. The topological polar surface area (TPSA) is 108 Å². The van der Waals surface area contributed by atoms with Gasteiger partial charge in [-0.3, -0.25) is 10.1 Å². The van der Waals surface area contributed by atoms with Gasteiger partial charge >= 0.3 is 11.8 Å². The van der Waals surface area contributed by atoms with Crippen molar-refractivity contribution in [2.75, 3.05) is 31.2 Å². The zero-order chi connectivity index (χ0) is 13.8. The predicted molar refractivity (Wildman–Crippen MR) is 66.3 cm³/mol. The van der Waals surface area contributed by atoms with Crippen molar-refractivity contribution >= 4 is 17.5 Å². The first-order chi connectivity index (χ1) is 9.08. The molecule has 1 aromatic rings. The third kappa shape index (κ3) is 3.10. The number of rotatable bonds is 3. The molecular weight excluding hydrogens is 254 g/mol. The zero-order valence-electron chi connectivity index (χ0n) is 10.1. The van der Waals surface area contributed by atoms with E-state index in [9.17, 15) is 14.9 Å². The summed E-state index contributed by atoms with van der Waals surface area (Å²) in [5.41, 5.74) is 5.34. The molecule has 1 saturated heterocycles. The van der Waals surface area contributed by atoms with Gasteiger partial charge in [0.05, 0.1) is 18.1 Å². The molecule has 0 aromatic heterocycles. The SMILES string of the molecule is NC(=O)Oc1cc(N2CCOCC2)ccc1[N+](=O)[O-]. The standard InChI is InChI=1S/C11H13N3O5/c12-11(15)19-10-7-8(1-2-9(10)14(16)17)13-3-5-18-6-4-13/h1-2,7H,3-6H2,(H2,12,15). The van der Waals surface area contributed by atoms with Crippen molar-refractivity contribution < 1.29 is 19.2 Å². The Balaban J connectivity index is 2.31. The lowest BCUT2D eigenvalue weighted by Gasteiger charge is -2.28. The highest BCUT2D eigenvalue weighted by Crippen LogP contribution is 2.32. The Morgan fingerprint density at radius 1 is 1.42 bits per heavy atom. The maximum Gasteiger partial charge on any atom is 0.410 e. The highest BCUT2D eigenvalue weighted by Gasteiger charge is 2.20. The summed E-state index contributed by atoms with van der Waals surface area (Å²) >= 11 is 0. The van der Waals surface area contributed by atoms with E-state index < -0.39 is 11.0 Å². The van der Waals surface area contributed by atoms with E-state index in [1.54, 1.807) is 6.07 Å². The van der Waals surface area contributed by atoms with Gasteiger partial charge in [0.1, 0.15) is 0 Å². The number of hydrogen-bond acceptors (Lipinski definition) is 6. The van der Waals surface area contributed by atoms with Gasteiger partial charge in [-0.25, -0.2) is 4.79 Å². The van der Waals surface area contributed by atoms with Crippen LogP contribution in [0, 0.1) is 10.1 Å². The third-order valence-corrected chi connectivity index (χ3v) is 2.73. The molecule has 0 bridgehead atoms. The second-order valence-corrected chi connectivity index (χ2v) is 3.93. The van der Waals surface area contributed by atoms with E-state index in [0.717, 1.165) is 5.69 Å². The van der Waals surface area contributed by atoms with Gasteiger partial charge in [0, 0.05) is 30.9 Å². The van der Waals surface area contributed by atoms with Crippen LogP contribution < -0.4 is 15.4 Å². The molecule has 1 aliphatic heterocycles. The average molecular weight is 267 g/mol. The van der Waals surface area contributed by atoms with Crippen molar-refractivity contribution in [2.24, 2.45) is 5.73 Å². The van der Waals surface area contributed by atoms with Gasteiger partial charge < -0.3 is 20.1 Å². The summed E-state index contributed by atoms with van der Waals surface area (Å²) in [4.78, 5) is 23.0. The van der Waals surface area contributed by atoms with E-state index in [1.807, 2.05) is 4.90 Å². The van der Waals surface area contributed by atoms with Gasteiger partial charge in [-0.05, 0) is 6.07 Å². The fraction of sp³-hybridized carbons (Fsp3) is 0.364. The molecule has 2 N–H and O–H groups in total. The number of morpholine rings is 1. The lowest BCUT2D eigenvalue weighted by atomic mass is 10.2. The molecule has 0 saturated carbocycles. The number of nitro groups is 1. The lowest BCUT2D eigenvalue weighted by molar-refractivity contribution is -0.385. The van der Waals surface area contributed by atoms with Gasteiger partial charge in [-0.2, -0.15) is 0 Å². The highest BCUT2D eigenvalue weighted by atomic mass is 16.6. The fourth-order valence-electron chi connectivity index (χ4n) is 1.86. The van der Waals surface area contributed by atoms with Crippen molar-refractivity contribution in [1.29, 1.82) is 0 Å². The summed E-state index contributed by atoms with van der Waals surface area (Å²) < 4.78 is 9.90. The number of nitrogens with two attached hydrogens (primary N) is 1. The van der Waals surface area contributed by atoms with Gasteiger partial charge in [-0.1, -0.05) is 0 Å². The maximum absolute atomic E-state index is 10.8. The Morgan fingerprint density at radius 3 is 2.68 bits per heavy atom. The first-order valence-corrected chi connectivity index (χ1v) is 5.66. The number of carbonyl (C=O) groups is 1. The van der Waals surface area contributed by atoms with Gasteiger partial charge in [-0.15, -0.1) is 0 Å². The van der Waals surface area contributed by atoms with Crippen LogP contribution in [0.5, 0.6) is 5.75 Å². The predicted octanol–water partition coefficient (Wildman–Crippen LogP) is 0.889. The Kier molecular flexibility index (Phi) is 3.81. The van der Waals surface area contributed by atoms with E-state index in [0.29, 0.717) is 26.3 Å². The van der Waals surface area contributed by atoms with Crippen molar-refractivity contribution in [1.82, 2.24) is 0 Å². The number of nitro benzene ring substituents is 1. The summed E-state index contributed by atoms with van der Waals surface area (Å²) in [6.07, 6.45) is -1.08. The zero-order valence-corrected chi connectivity index (χ0v) is 10.1. The van der Waals surface area contributed by atoms with Crippen LogP contribution in [0.4, 0.5) is 16.2 Å². The van der Waals surface area contributed by atoms with Crippen LogP contribution in [-0.4, -0.2) is 37.3 Å². The largest absolute Gasteiger partial charge is 0.410 e. The van der Waals surface area contributed by atoms with Crippen LogP contribution in [0.25, 0.3) is 0 Å². The number of carbonyl (C=O) groups excluding carboxylic acids is 1. The number of amides is 1. The van der Waals surface area contributed by atoms with Crippen LogP contribution in [0.3, 0.4) is 0 Å². The number of anilines is 1. The van der Waals surface area contributed by atoms with Crippen LogP contribution in [0.1, 0.15) is 0 Å². The Hall–Kier alpha value is -2.35. The van der Waals surface area contributed by atoms with Crippen LogP contribution in [0.15, 0.2) is 18.2 Å². The van der Waals surface area contributed by atoms with Gasteiger partial charge in [0.15, 0.2) is 0 Å². The molecule has 2 rings (SSSR count). The van der Waals surface area contributed by atoms with Gasteiger partial charge in [0.25, 0.3) is 0 Å². The molecule has 0 unspecified atom stereocenters. The minimum absolute atomic E-state index is 0.151. The quantitative estimate of drug-likeness (QED) is 0.643. The molecule has 19 heavy (non-hydrogen) atoms. The maximum atomic E-state index is 10.8. The second kappa shape index (κ2) is 5.53.